The molecule has 2 aromatic heterocycles. The Balaban J connectivity index is 2.25. The second-order valence-corrected chi connectivity index (χ2v) is 5.98. The van der Waals surface area contributed by atoms with Gasteiger partial charge in [0.15, 0.2) is 5.82 Å². The van der Waals surface area contributed by atoms with Gasteiger partial charge >= 0.3 is 0 Å². The van der Waals surface area contributed by atoms with Crippen LogP contribution in [-0.2, 0) is 6.54 Å². The standard InChI is InChI=1S/C12H15N5S2/c1-6-4-14-9(19-6)5-15-12-10(11(13)18)7(2)8(3)16-17-12/h4H,5H2,1-3H3,(H2,13,18)(H,15,17). The predicted molar refractivity (Wildman–Crippen MR) is 81.6 cm³/mol. The molecule has 0 atom stereocenters. The lowest BCUT2D eigenvalue weighted by Crippen LogP contribution is -2.18. The highest BCUT2D eigenvalue weighted by molar-refractivity contribution is 7.80. The predicted octanol–water partition coefficient (Wildman–Crippen LogP) is 2.10. The summed E-state index contributed by atoms with van der Waals surface area (Å²) in [7, 11) is 0. The number of aryl methyl sites for hydroxylation is 2. The van der Waals surface area contributed by atoms with Gasteiger partial charge in [0.1, 0.15) is 10.00 Å². The summed E-state index contributed by atoms with van der Waals surface area (Å²) < 4.78 is 0. The summed E-state index contributed by atoms with van der Waals surface area (Å²) in [5, 5.41) is 12.4. The van der Waals surface area contributed by atoms with Gasteiger partial charge < -0.3 is 11.1 Å². The van der Waals surface area contributed by atoms with Crippen molar-refractivity contribution in [3.8, 4) is 0 Å². The monoisotopic (exact) mass is 293 g/mol. The molecule has 7 heteroatoms. The fourth-order valence-electron chi connectivity index (χ4n) is 1.68. The van der Waals surface area contributed by atoms with E-state index < -0.39 is 0 Å². The smallest absolute Gasteiger partial charge is 0.159 e. The summed E-state index contributed by atoms with van der Waals surface area (Å²) in [6.45, 7) is 6.44. The van der Waals surface area contributed by atoms with Gasteiger partial charge in [0.2, 0.25) is 0 Å². The van der Waals surface area contributed by atoms with Crippen molar-refractivity contribution in [3.63, 3.8) is 0 Å². The molecule has 0 aliphatic heterocycles. The molecule has 2 rings (SSSR count). The molecule has 0 aromatic carbocycles. The van der Waals surface area contributed by atoms with Crippen molar-refractivity contribution in [1.29, 1.82) is 0 Å². The zero-order valence-corrected chi connectivity index (χ0v) is 12.7. The van der Waals surface area contributed by atoms with Crippen molar-refractivity contribution < 1.29 is 0 Å². The molecule has 0 spiro atoms. The molecule has 0 unspecified atom stereocenters. The average Bonchev–Trinajstić information content (AvgIpc) is 2.76. The summed E-state index contributed by atoms with van der Waals surface area (Å²) in [5.74, 6) is 0.614. The number of nitrogens with zero attached hydrogens (tertiary/aromatic N) is 3. The maximum absolute atomic E-state index is 5.77. The van der Waals surface area contributed by atoms with E-state index in [0.717, 1.165) is 21.8 Å². The SMILES string of the molecule is Cc1cnc(CNc2nnc(C)c(C)c2C(N)=S)s1. The summed E-state index contributed by atoms with van der Waals surface area (Å²) in [6.07, 6.45) is 1.85. The number of nitrogens with one attached hydrogen (secondary N) is 1. The maximum Gasteiger partial charge on any atom is 0.159 e. The molecular weight excluding hydrogens is 278 g/mol. The van der Waals surface area contributed by atoms with E-state index in [9.17, 15) is 0 Å². The molecule has 0 amide bonds. The van der Waals surface area contributed by atoms with Gasteiger partial charge in [0, 0.05) is 11.1 Å². The third-order valence-corrected chi connectivity index (χ3v) is 3.89. The Morgan fingerprint density at radius 1 is 1.37 bits per heavy atom. The Morgan fingerprint density at radius 3 is 2.68 bits per heavy atom. The Bertz CT molecular complexity index is 621. The molecule has 100 valence electrons. The van der Waals surface area contributed by atoms with Gasteiger partial charge in [-0.1, -0.05) is 12.2 Å². The molecule has 19 heavy (non-hydrogen) atoms. The quantitative estimate of drug-likeness (QED) is 0.841. The van der Waals surface area contributed by atoms with Crippen LogP contribution in [-0.4, -0.2) is 20.2 Å². The highest BCUT2D eigenvalue weighted by Crippen LogP contribution is 2.20. The number of thiazole rings is 1. The highest BCUT2D eigenvalue weighted by atomic mass is 32.1. The first kappa shape index (κ1) is 13.8. The van der Waals surface area contributed by atoms with Gasteiger partial charge in [0.25, 0.3) is 0 Å². The molecule has 0 bridgehead atoms. The van der Waals surface area contributed by atoms with Crippen LogP contribution in [0.4, 0.5) is 5.82 Å². The fourth-order valence-corrected chi connectivity index (χ4v) is 2.65. The van der Waals surface area contributed by atoms with Crippen LogP contribution >= 0.6 is 23.6 Å². The third kappa shape index (κ3) is 3.05. The lowest BCUT2D eigenvalue weighted by molar-refractivity contribution is 0.941. The van der Waals surface area contributed by atoms with Crippen LogP contribution < -0.4 is 11.1 Å². The van der Waals surface area contributed by atoms with Gasteiger partial charge in [0.05, 0.1) is 17.8 Å². The second kappa shape index (κ2) is 5.58. The van der Waals surface area contributed by atoms with Crippen molar-refractivity contribution in [1.82, 2.24) is 15.2 Å². The van der Waals surface area contributed by atoms with Gasteiger partial charge in [-0.2, -0.15) is 5.10 Å². The van der Waals surface area contributed by atoms with E-state index in [4.69, 9.17) is 18.0 Å². The van der Waals surface area contributed by atoms with Gasteiger partial charge in [-0.15, -0.1) is 16.4 Å². The van der Waals surface area contributed by atoms with E-state index in [1.165, 1.54) is 4.88 Å². The van der Waals surface area contributed by atoms with Crippen LogP contribution in [0.3, 0.4) is 0 Å². The number of hydrogen-bond donors (Lipinski definition) is 2. The molecule has 0 fully saturated rings. The first-order valence-electron chi connectivity index (χ1n) is 5.78. The molecule has 0 aliphatic carbocycles. The minimum Gasteiger partial charge on any atom is -0.389 e. The first-order chi connectivity index (χ1) is 8.99. The van der Waals surface area contributed by atoms with E-state index in [1.54, 1.807) is 11.3 Å². The molecule has 0 saturated heterocycles. The molecule has 0 saturated carbocycles. The van der Waals surface area contributed by atoms with Crippen LogP contribution in [0.5, 0.6) is 0 Å². The number of nitrogens with two attached hydrogens (primary N) is 1. The lowest BCUT2D eigenvalue weighted by atomic mass is 10.1. The van der Waals surface area contributed by atoms with E-state index in [-0.39, 0.29) is 0 Å². The Hall–Kier alpha value is -1.60. The minimum atomic E-state index is 0.327. The van der Waals surface area contributed by atoms with Crippen molar-refractivity contribution in [2.45, 2.75) is 27.3 Å². The normalized spacial score (nSPS) is 10.5. The van der Waals surface area contributed by atoms with Crippen LogP contribution in [0.1, 0.15) is 26.7 Å². The number of thiocarbonyl (C=S) groups is 1. The number of anilines is 1. The molecule has 2 aromatic rings. The van der Waals surface area contributed by atoms with E-state index in [1.807, 2.05) is 27.0 Å². The zero-order valence-electron chi connectivity index (χ0n) is 11.0. The summed E-state index contributed by atoms with van der Waals surface area (Å²) >= 11 is 6.73. The van der Waals surface area contributed by atoms with Gasteiger partial charge in [-0.3, -0.25) is 0 Å². The van der Waals surface area contributed by atoms with E-state index in [0.29, 0.717) is 17.4 Å². The Labute approximate surface area is 121 Å². The molecule has 0 radical (unpaired) electrons. The molecule has 0 aliphatic rings. The maximum atomic E-state index is 5.77. The Morgan fingerprint density at radius 2 is 2.11 bits per heavy atom. The zero-order chi connectivity index (χ0) is 14.0. The van der Waals surface area contributed by atoms with E-state index in [2.05, 4.69) is 20.5 Å². The van der Waals surface area contributed by atoms with Crippen LogP contribution in [0, 0.1) is 20.8 Å². The molecular formula is C12H15N5S2. The number of hydrogen-bond acceptors (Lipinski definition) is 6. The lowest BCUT2D eigenvalue weighted by Gasteiger charge is -2.12. The van der Waals surface area contributed by atoms with Gasteiger partial charge in [-0.25, -0.2) is 4.98 Å². The number of aromatic nitrogens is 3. The van der Waals surface area contributed by atoms with Gasteiger partial charge in [-0.05, 0) is 26.3 Å². The Kier molecular flexibility index (Phi) is 4.06. The molecule has 2 heterocycles. The molecule has 3 N–H and O–H groups in total. The largest absolute Gasteiger partial charge is 0.389 e. The number of rotatable bonds is 4. The summed E-state index contributed by atoms with van der Waals surface area (Å²) in [6, 6.07) is 0. The van der Waals surface area contributed by atoms with Crippen molar-refractivity contribution in [3.05, 3.63) is 32.9 Å². The topological polar surface area (TPSA) is 76.7 Å². The van der Waals surface area contributed by atoms with Crippen molar-refractivity contribution >= 4 is 34.4 Å². The van der Waals surface area contributed by atoms with Crippen molar-refractivity contribution in [2.24, 2.45) is 5.73 Å². The fraction of sp³-hybridized carbons (Fsp3) is 0.333. The van der Waals surface area contributed by atoms with Crippen LogP contribution in [0.25, 0.3) is 0 Å². The third-order valence-electron chi connectivity index (χ3n) is 2.78. The van der Waals surface area contributed by atoms with Crippen molar-refractivity contribution in [2.75, 3.05) is 5.32 Å². The van der Waals surface area contributed by atoms with Crippen LogP contribution in [0.15, 0.2) is 6.20 Å². The van der Waals surface area contributed by atoms with E-state index >= 15 is 0 Å². The molecule has 5 nitrogen and oxygen atoms in total. The second-order valence-electron chi connectivity index (χ2n) is 4.22. The summed E-state index contributed by atoms with van der Waals surface area (Å²) in [5.41, 5.74) is 8.32. The summed E-state index contributed by atoms with van der Waals surface area (Å²) in [4.78, 5) is 5.79. The first-order valence-corrected chi connectivity index (χ1v) is 7.00. The average molecular weight is 293 g/mol. The minimum absolute atomic E-state index is 0.327. The highest BCUT2D eigenvalue weighted by Gasteiger charge is 2.13. The van der Waals surface area contributed by atoms with Crippen LogP contribution in [0.2, 0.25) is 0 Å².